The summed E-state index contributed by atoms with van der Waals surface area (Å²) in [6.45, 7) is 11.4. The molecule has 0 aliphatic carbocycles. The molecule has 1 atom stereocenters. The van der Waals surface area contributed by atoms with Crippen LogP contribution in [0.2, 0.25) is 0 Å². The van der Waals surface area contributed by atoms with E-state index in [1.165, 1.54) is 205 Å². The van der Waals surface area contributed by atoms with E-state index in [1.54, 1.807) is 0 Å². The van der Waals surface area contributed by atoms with Gasteiger partial charge in [-0.15, -0.1) is 0 Å². The van der Waals surface area contributed by atoms with Gasteiger partial charge in [0.15, 0.2) is 6.10 Å². The molecule has 0 aromatic rings. The zero-order chi connectivity index (χ0) is 46.1. The number of hydrogen-bond donors (Lipinski definition) is 0. The molecule has 0 heterocycles. The molecular formula is C57H110O6. The van der Waals surface area contributed by atoms with Crippen LogP contribution in [-0.4, -0.2) is 37.2 Å². The quantitative estimate of drug-likeness (QED) is 0.0344. The van der Waals surface area contributed by atoms with E-state index in [0.29, 0.717) is 19.3 Å². The Bertz CT molecular complexity index is 962. The van der Waals surface area contributed by atoms with Gasteiger partial charge in [0.1, 0.15) is 13.2 Å². The van der Waals surface area contributed by atoms with Gasteiger partial charge in [0.05, 0.1) is 0 Å². The molecule has 0 saturated carbocycles. The van der Waals surface area contributed by atoms with Crippen LogP contribution in [0.5, 0.6) is 0 Å². The Labute approximate surface area is 393 Å². The Morgan fingerprint density at radius 1 is 0.302 bits per heavy atom. The molecule has 63 heavy (non-hydrogen) atoms. The Morgan fingerprint density at radius 2 is 0.524 bits per heavy atom. The van der Waals surface area contributed by atoms with E-state index in [0.717, 1.165) is 69.6 Å². The third kappa shape index (κ3) is 51.3. The molecule has 0 amide bonds. The van der Waals surface area contributed by atoms with Crippen molar-refractivity contribution in [2.24, 2.45) is 11.8 Å². The van der Waals surface area contributed by atoms with Crippen molar-refractivity contribution in [1.29, 1.82) is 0 Å². The van der Waals surface area contributed by atoms with E-state index in [2.05, 4.69) is 34.6 Å². The second kappa shape index (κ2) is 49.8. The van der Waals surface area contributed by atoms with Gasteiger partial charge < -0.3 is 14.2 Å². The molecule has 0 unspecified atom stereocenters. The van der Waals surface area contributed by atoms with Crippen LogP contribution in [0.25, 0.3) is 0 Å². The third-order valence-electron chi connectivity index (χ3n) is 13.0. The molecule has 0 spiro atoms. The Hall–Kier alpha value is -1.59. The molecule has 0 aromatic carbocycles. The molecule has 6 heteroatoms. The third-order valence-corrected chi connectivity index (χ3v) is 13.0. The van der Waals surface area contributed by atoms with E-state index in [1.807, 2.05) is 0 Å². The van der Waals surface area contributed by atoms with Crippen molar-refractivity contribution in [3.8, 4) is 0 Å². The number of carbonyl (C=O) groups excluding carboxylic acids is 3. The standard InChI is InChI=1S/C57H110O6/c1-6-7-8-9-10-11-12-13-14-15-18-21-24-27-32-37-42-47-55(58)61-50-54(51-62-56(59)48-43-38-34-29-31-36-41-46-53(4)5)63-57(60)49-44-39-33-28-25-22-19-16-17-20-23-26-30-35-40-45-52(2)3/h52-54H,6-51H2,1-5H3/t54-/m1/s1. The van der Waals surface area contributed by atoms with Crippen molar-refractivity contribution in [2.75, 3.05) is 13.2 Å². The molecule has 374 valence electrons. The van der Waals surface area contributed by atoms with Crippen LogP contribution in [0, 0.1) is 11.8 Å². The first-order chi connectivity index (χ1) is 30.7. The molecule has 0 saturated heterocycles. The monoisotopic (exact) mass is 891 g/mol. The van der Waals surface area contributed by atoms with Gasteiger partial charge in [0, 0.05) is 19.3 Å². The average Bonchev–Trinajstić information content (AvgIpc) is 3.25. The fraction of sp³-hybridized carbons (Fsp3) is 0.947. The minimum Gasteiger partial charge on any atom is -0.462 e. The number of ether oxygens (including phenoxy) is 3. The molecule has 0 aromatic heterocycles. The summed E-state index contributed by atoms with van der Waals surface area (Å²) in [4.78, 5) is 38.0. The first-order valence-electron chi connectivity index (χ1n) is 28.2. The molecule has 0 bridgehead atoms. The van der Waals surface area contributed by atoms with Crippen LogP contribution in [0.1, 0.15) is 317 Å². The largest absolute Gasteiger partial charge is 0.462 e. The molecule has 0 radical (unpaired) electrons. The molecule has 0 rings (SSSR count). The van der Waals surface area contributed by atoms with Gasteiger partial charge >= 0.3 is 17.9 Å². The topological polar surface area (TPSA) is 78.9 Å². The maximum Gasteiger partial charge on any atom is 0.306 e. The predicted molar refractivity (Wildman–Crippen MR) is 270 cm³/mol. The Balaban J connectivity index is 4.25. The summed E-state index contributed by atoms with van der Waals surface area (Å²) in [5.41, 5.74) is 0. The minimum atomic E-state index is -0.762. The molecule has 0 aliphatic rings. The Morgan fingerprint density at radius 3 is 0.778 bits per heavy atom. The lowest BCUT2D eigenvalue weighted by Gasteiger charge is -2.18. The van der Waals surface area contributed by atoms with Crippen molar-refractivity contribution in [3.63, 3.8) is 0 Å². The van der Waals surface area contributed by atoms with Crippen LogP contribution < -0.4 is 0 Å². The summed E-state index contributed by atoms with van der Waals surface area (Å²) in [6, 6.07) is 0. The van der Waals surface area contributed by atoms with E-state index in [4.69, 9.17) is 14.2 Å². The first kappa shape index (κ1) is 61.4. The van der Waals surface area contributed by atoms with Crippen LogP contribution in [-0.2, 0) is 28.6 Å². The predicted octanol–water partition coefficient (Wildman–Crippen LogP) is 18.5. The van der Waals surface area contributed by atoms with Crippen molar-refractivity contribution >= 4 is 17.9 Å². The Kier molecular flexibility index (Phi) is 48.6. The summed E-state index contributed by atoms with van der Waals surface area (Å²) < 4.78 is 16.9. The maximum absolute atomic E-state index is 12.8. The highest BCUT2D eigenvalue weighted by Crippen LogP contribution is 2.18. The summed E-state index contributed by atoms with van der Waals surface area (Å²) >= 11 is 0. The highest BCUT2D eigenvalue weighted by atomic mass is 16.6. The summed E-state index contributed by atoms with van der Waals surface area (Å²) in [7, 11) is 0. The van der Waals surface area contributed by atoms with E-state index in [-0.39, 0.29) is 31.1 Å². The number of rotatable bonds is 51. The van der Waals surface area contributed by atoms with Crippen molar-refractivity contribution < 1.29 is 28.6 Å². The van der Waals surface area contributed by atoms with Crippen LogP contribution in [0.3, 0.4) is 0 Å². The van der Waals surface area contributed by atoms with Crippen molar-refractivity contribution in [1.82, 2.24) is 0 Å². The number of esters is 3. The summed E-state index contributed by atoms with van der Waals surface area (Å²) in [5.74, 6) is 0.785. The van der Waals surface area contributed by atoms with Gasteiger partial charge in [-0.2, -0.15) is 0 Å². The van der Waals surface area contributed by atoms with Gasteiger partial charge in [0.2, 0.25) is 0 Å². The molecular weight excluding hydrogens is 781 g/mol. The van der Waals surface area contributed by atoms with Gasteiger partial charge in [-0.1, -0.05) is 279 Å². The highest BCUT2D eigenvalue weighted by Gasteiger charge is 2.19. The number of carbonyl (C=O) groups is 3. The lowest BCUT2D eigenvalue weighted by atomic mass is 10.0. The van der Waals surface area contributed by atoms with Gasteiger partial charge in [-0.25, -0.2) is 0 Å². The van der Waals surface area contributed by atoms with E-state index >= 15 is 0 Å². The number of unbranched alkanes of at least 4 members (excludes halogenated alkanes) is 36. The normalized spacial score (nSPS) is 12.0. The van der Waals surface area contributed by atoms with E-state index < -0.39 is 6.10 Å². The molecule has 0 fully saturated rings. The van der Waals surface area contributed by atoms with Crippen molar-refractivity contribution in [3.05, 3.63) is 0 Å². The average molecular weight is 892 g/mol. The fourth-order valence-corrected chi connectivity index (χ4v) is 8.70. The summed E-state index contributed by atoms with van der Waals surface area (Å²) in [5, 5.41) is 0. The highest BCUT2D eigenvalue weighted by molar-refractivity contribution is 5.71. The zero-order valence-corrected chi connectivity index (χ0v) is 43.2. The van der Waals surface area contributed by atoms with Crippen LogP contribution in [0.4, 0.5) is 0 Å². The SMILES string of the molecule is CCCCCCCCCCCCCCCCCCCC(=O)OC[C@H](COC(=O)CCCCCCCCCC(C)C)OC(=O)CCCCCCCCCCCCCCCCCC(C)C. The van der Waals surface area contributed by atoms with Gasteiger partial charge in [0.25, 0.3) is 0 Å². The minimum absolute atomic E-state index is 0.0634. The van der Waals surface area contributed by atoms with Gasteiger partial charge in [-0.05, 0) is 31.1 Å². The van der Waals surface area contributed by atoms with Crippen LogP contribution >= 0.6 is 0 Å². The second-order valence-electron chi connectivity index (χ2n) is 20.5. The maximum atomic E-state index is 12.8. The molecule has 0 N–H and O–H groups in total. The molecule has 0 aliphatic heterocycles. The smallest absolute Gasteiger partial charge is 0.306 e. The van der Waals surface area contributed by atoms with Crippen LogP contribution in [0.15, 0.2) is 0 Å². The summed E-state index contributed by atoms with van der Waals surface area (Å²) in [6.07, 6.45) is 52.5. The fourth-order valence-electron chi connectivity index (χ4n) is 8.70. The second-order valence-corrected chi connectivity index (χ2v) is 20.5. The van der Waals surface area contributed by atoms with Crippen molar-refractivity contribution in [2.45, 2.75) is 323 Å². The molecule has 6 nitrogen and oxygen atoms in total. The first-order valence-corrected chi connectivity index (χ1v) is 28.2. The number of hydrogen-bond acceptors (Lipinski definition) is 6. The zero-order valence-electron chi connectivity index (χ0n) is 43.2. The lowest BCUT2D eigenvalue weighted by Crippen LogP contribution is -2.30. The lowest BCUT2D eigenvalue weighted by molar-refractivity contribution is -0.167. The van der Waals surface area contributed by atoms with E-state index in [9.17, 15) is 14.4 Å². The van der Waals surface area contributed by atoms with Gasteiger partial charge in [-0.3, -0.25) is 14.4 Å².